The van der Waals surface area contributed by atoms with Crippen LogP contribution in [0.4, 0.5) is 0 Å². The van der Waals surface area contributed by atoms with Crippen molar-refractivity contribution >= 4 is 16.7 Å². The number of ketones is 1. The first-order valence-corrected chi connectivity index (χ1v) is 8.56. The molecule has 2 heterocycles. The third kappa shape index (κ3) is 2.78. The maximum Gasteiger partial charge on any atom is 0.162 e. The van der Waals surface area contributed by atoms with Gasteiger partial charge in [0.25, 0.3) is 0 Å². The molecule has 0 aliphatic heterocycles. The summed E-state index contributed by atoms with van der Waals surface area (Å²) in [6.45, 7) is 3.51. The third-order valence-electron chi connectivity index (χ3n) is 4.61. The van der Waals surface area contributed by atoms with Crippen LogP contribution in [0.2, 0.25) is 0 Å². The molecule has 4 aromatic rings. The van der Waals surface area contributed by atoms with Crippen LogP contribution >= 0.6 is 0 Å². The van der Waals surface area contributed by atoms with Gasteiger partial charge in [0, 0.05) is 34.6 Å². The highest BCUT2D eigenvalue weighted by Gasteiger charge is 2.17. The predicted octanol–water partition coefficient (Wildman–Crippen LogP) is 5.47. The summed E-state index contributed by atoms with van der Waals surface area (Å²) in [5.74, 6) is 0.0361. The zero-order chi connectivity index (χ0) is 18.1. The molecule has 26 heavy (non-hydrogen) atoms. The lowest BCUT2D eigenvalue weighted by molar-refractivity contribution is 0.101. The Balaban J connectivity index is 1.94. The van der Waals surface area contributed by atoms with Crippen LogP contribution in [0.5, 0.6) is 0 Å². The van der Waals surface area contributed by atoms with Crippen molar-refractivity contribution in [3.63, 3.8) is 0 Å². The van der Waals surface area contributed by atoms with Crippen molar-refractivity contribution in [2.75, 3.05) is 0 Å². The molecule has 0 radical (unpaired) electrons. The molecule has 0 bridgehead atoms. The number of aromatic nitrogens is 2. The van der Waals surface area contributed by atoms with E-state index < -0.39 is 0 Å². The number of fused-ring (bicyclic) bond motifs is 1. The summed E-state index contributed by atoms with van der Waals surface area (Å²) >= 11 is 0. The molecule has 0 saturated carbocycles. The molecule has 0 unspecified atom stereocenters. The third-order valence-corrected chi connectivity index (χ3v) is 4.61. The zero-order valence-corrected chi connectivity index (χ0v) is 14.7. The van der Waals surface area contributed by atoms with E-state index in [2.05, 4.69) is 34.2 Å². The highest BCUT2D eigenvalue weighted by molar-refractivity contribution is 6.09. The summed E-state index contributed by atoms with van der Waals surface area (Å²) in [6, 6.07) is 20.3. The standard InChI is InChI=1S/C23H18N2O/c1-15-22(16(2)26)23(20-5-3-4-6-21(20)25-15)19-9-7-17(8-10-19)18-11-13-24-14-12-18/h3-14H,1-2H3. The summed E-state index contributed by atoms with van der Waals surface area (Å²) in [5.41, 5.74) is 6.59. The van der Waals surface area contributed by atoms with Gasteiger partial charge in [-0.2, -0.15) is 0 Å². The van der Waals surface area contributed by atoms with Crippen LogP contribution < -0.4 is 0 Å². The minimum atomic E-state index is 0.0361. The fourth-order valence-electron chi connectivity index (χ4n) is 3.44. The number of Topliss-reactive ketones (excluding diaryl/α,β-unsaturated/α-hetero) is 1. The van der Waals surface area contributed by atoms with Crippen LogP contribution in [0.15, 0.2) is 73.1 Å². The van der Waals surface area contributed by atoms with Crippen LogP contribution in [-0.2, 0) is 0 Å². The van der Waals surface area contributed by atoms with Crippen molar-refractivity contribution in [2.24, 2.45) is 0 Å². The molecule has 3 nitrogen and oxygen atoms in total. The van der Waals surface area contributed by atoms with Crippen LogP contribution in [0.3, 0.4) is 0 Å². The zero-order valence-electron chi connectivity index (χ0n) is 14.7. The molecule has 2 aromatic carbocycles. The van der Waals surface area contributed by atoms with Crippen molar-refractivity contribution in [1.82, 2.24) is 9.97 Å². The van der Waals surface area contributed by atoms with E-state index in [0.29, 0.717) is 5.56 Å². The minimum absolute atomic E-state index is 0.0361. The number of carbonyl (C=O) groups excluding carboxylic acids is 1. The Kier molecular flexibility index (Phi) is 4.05. The number of benzene rings is 2. The van der Waals surface area contributed by atoms with Gasteiger partial charge in [0.15, 0.2) is 5.78 Å². The predicted molar refractivity (Wildman–Crippen MR) is 105 cm³/mol. The average Bonchev–Trinajstić information content (AvgIpc) is 2.67. The number of rotatable bonds is 3. The normalized spacial score (nSPS) is 10.8. The lowest BCUT2D eigenvalue weighted by Gasteiger charge is -2.14. The molecule has 0 amide bonds. The van der Waals surface area contributed by atoms with Gasteiger partial charge in [-0.25, -0.2) is 0 Å². The Bertz CT molecular complexity index is 1100. The number of carbonyl (C=O) groups is 1. The lowest BCUT2D eigenvalue weighted by Crippen LogP contribution is -2.03. The molecule has 0 fully saturated rings. The van der Waals surface area contributed by atoms with Crippen molar-refractivity contribution in [1.29, 1.82) is 0 Å². The first kappa shape index (κ1) is 16.2. The molecule has 2 aromatic heterocycles. The number of nitrogens with zero attached hydrogens (tertiary/aromatic N) is 2. The van der Waals surface area contributed by atoms with Gasteiger partial charge in [-0.1, -0.05) is 42.5 Å². The number of pyridine rings is 2. The van der Waals surface area contributed by atoms with Gasteiger partial charge in [0.05, 0.1) is 5.52 Å². The fourth-order valence-corrected chi connectivity index (χ4v) is 3.44. The van der Waals surface area contributed by atoms with Gasteiger partial charge in [-0.05, 0) is 48.7 Å². The van der Waals surface area contributed by atoms with E-state index in [-0.39, 0.29) is 5.78 Å². The number of hydrogen-bond donors (Lipinski definition) is 0. The van der Waals surface area contributed by atoms with Crippen molar-refractivity contribution in [3.05, 3.63) is 84.3 Å². The molecule has 3 heteroatoms. The maximum absolute atomic E-state index is 12.3. The highest BCUT2D eigenvalue weighted by Crippen LogP contribution is 2.34. The molecule has 126 valence electrons. The van der Waals surface area contributed by atoms with Gasteiger partial charge < -0.3 is 0 Å². The second-order valence-corrected chi connectivity index (χ2v) is 6.33. The SMILES string of the molecule is CC(=O)c1c(C)nc2ccccc2c1-c1ccc(-c2ccncc2)cc1. The Labute approximate surface area is 152 Å². The maximum atomic E-state index is 12.3. The molecule has 0 aliphatic rings. The molecule has 4 rings (SSSR count). The largest absolute Gasteiger partial charge is 0.294 e. The van der Waals surface area contributed by atoms with E-state index in [1.165, 1.54) is 0 Å². The number of aryl methyl sites for hydroxylation is 1. The summed E-state index contributed by atoms with van der Waals surface area (Å²) in [7, 11) is 0. The van der Waals surface area contributed by atoms with E-state index in [9.17, 15) is 4.79 Å². The first-order chi connectivity index (χ1) is 12.6. The van der Waals surface area contributed by atoms with Crippen molar-refractivity contribution in [3.8, 4) is 22.3 Å². The second-order valence-electron chi connectivity index (χ2n) is 6.33. The molecular formula is C23H18N2O. The van der Waals surface area contributed by atoms with E-state index in [1.807, 2.05) is 43.3 Å². The van der Waals surface area contributed by atoms with Crippen LogP contribution in [0, 0.1) is 6.92 Å². The Morgan fingerprint density at radius 1 is 0.808 bits per heavy atom. The van der Waals surface area contributed by atoms with E-state index in [4.69, 9.17) is 0 Å². The second kappa shape index (κ2) is 6.52. The first-order valence-electron chi connectivity index (χ1n) is 8.56. The quantitative estimate of drug-likeness (QED) is 0.465. The van der Waals surface area contributed by atoms with Crippen LogP contribution in [-0.4, -0.2) is 15.8 Å². The van der Waals surface area contributed by atoms with Crippen molar-refractivity contribution < 1.29 is 4.79 Å². The summed E-state index contributed by atoms with van der Waals surface area (Å²) < 4.78 is 0. The topological polar surface area (TPSA) is 42.9 Å². The molecule has 0 spiro atoms. The van der Waals surface area contributed by atoms with Gasteiger partial charge in [0.1, 0.15) is 0 Å². The monoisotopic (exact) mass is 338 g/mol. The van der Waals surface area contributed by atoms with Gasteiger partial charge in [0.2, 0.25) is 0 Å². The van der Waals surface area contributed by atoms with E-state index in [0.717, 1.165) is 38.9 Å². The van der Waals surface area contributed by atoms with Crippen molar-refractivity contribution in [2.45, 2.75) is 13.8 Å². The van der Waals surface area contributed by atoms with E-state index >= 15 is 0 Å². The van der Waals surface area contributed by atoms with E-state index in [1.54, 1.807) is 19.3 Å². The van der Waals surface area contributed by atoms with Gasteiger partial charge in [-0.3, -0.25) is 14.8 Å². The van der Waals surface area contributed by atoms with Crippen LogP contribution in [0.25, 0.3) is 33.2 Å². The molecular weight excluding hydrogens is 320 g/mol. The molecule has 0 aliphatic carbocycles. The Morgan fingerprint density at radius 3 is 2.12 bits per heavy atom. The molecule has 0 atom stereocenters. The lowest BCUT2D eigenvalue weighted by atomic mass is 9.91. The van der Waals surface area contributed by atoms with Gasteiger partial charge in [-0.15, -0.1) is 0 Å². The minimum Gasteiger partial charge on any atom is -0.294 e. The summed E-state index contributed by atoms with van der Waals surface area (Å²) in [6.07, 6.45) is 3.58. The summed E-state index contributed by atoms with van der Waals surface area (Å²) in [4.78, 5) is 21.0. The number of para-hydroxylation sites is 1. The molecule has 0 N–H and O–H groups in total. The Hall–Kier alpha value is -3.33. The van der Waals surface area contributed by atoms with Crippen LogP contribution in [0.1, 0.15) is 23.0 Å². The summed E-state index contributed by atoms with van der Waals surface area (Å²) in [5, 5.41) is 1.000. The average molecular weight is 338 g/mol. The fraction of sp³-hybridized carbons (Fsp3) is 0.0870. The molecule has 0 saturated heterocycles. The number of hydrogen-bond acceptors (Lipinski definition) is 3. The highest BCUT2D eigenvalue weighted by atomic mass is 16.1. The smallest absolute Gasteiger partial charge is 0.162 e. The van der Waals surface area contributed by atoms with Gasteiger partial charge >= 0.3 is 0 Å². The Morgan fingerprint density at radius 2 is 1.42 bits per heavy atom.